The van der Waals surface area contributed by atoms with E-state index in [2.05, 4.69) is 191 Å². The molecule has 0 aliphatic carbocycles. The summed E-state index contributed by atoms with van der Waals surface area (Å²) in [6.45, 7) is 68.1. The van der Waals surface area contributed by atoms with Crippen LogP contribution in [0.2, 0.25) is 0 Å². The molecule has 0 amide bonds. The largest absolute Gasteiger partial charge is 0.380 e. The van der Waals surface area contributed by atoms with E-state index >= 15 is 0 Å². The Bertz CT molecular complexity index is 1100. The van der Waals surface area contributed by atoms with Crippen LogP contribution in [-0.2, 0) is 4.74 Å². The van der Waals surface area contributed by atoms with Gasteiger partial charge in [0.25, 0.3) is 0 Å². The van der Waals surface area contributed by atoms with Crippen molar-refractivity contribution in [2.45, 2.75) is 307 Å². The van der Waals surface area contributed by atoms with Crippen molar-refractivity contribution in [3.8, 4) is 0 Å². The topological polar surface area (TPSA) is 31.9 Å². The molecule has 0 aromatic carbocycles. The van der Waals surface area contributed by atoms with E-state index in [1.807, 2.05) is 0 Å². The standard InChI is InChI=1S/C10H21N.C9H19NO.C9H19NS.4C9H19N.CH4/c1-10(2,3)11-8-6-4-5-7-9-11;2*1-9(2,3)10-5-4-7-11-8-6-10;4*1-9(2,3)10-7-5-4-6-8-10;/h4-9H2,1-3H3;2*4-8H2,1-3H3;4*4-8H2,1-3H3;1H4. The minimum Gasteiger partial charge on any atom is -0.380 e. The molecule has 7 heterocycles. The Balaban J connectivity index is 0.000000839. The van der Waals surface area contributed by atoms with E-state index in [-0.39, 0.29) is 7.43 Å². The lowest BCUT2D eigenvalue weighted by atomic mass is 10.0. The summed E-state index contributed by atoms with van der Waals surface area (Å²) in [6.07, 6.45) is 25.2. The first-order valence-corrected chi connectivity index (χ1v) is 32.3. The molecule has 74 heavy (non-hydrogen) atoms. The van der Waals surface area contributed by atoms with Gasteiger partial charge in [-0.05, 0) is 300 Å². The summed E-state index contributed by atoms with van der Waals surface area (Å²) in [5.41, 5.74) is 2.70. The summed E-state index contributed by atoms with van der Waals surface area (Å²) >= 11 is 2.09. The van der Waals surface area contributed by atoms with E-state index in [4.69, 9.17) is 4.74 Å². The van der Waals surface area contributed by atoms with Crippen LogP contribution in [0.25, 0.3) is 0 Å². The highest BCUT2D eigenvalue weighted by molar-refractivity contribution is 7.99. The molecule has 0 radical (unpaired) electrons. The molecule has 0 aromatic rings. The average molecular weight is 1070 g/mol. The zero-order valence-corrected chi connectivity index (χ0v) is 54.7. The number of hydrogen-bond acceptors (Lipinski definition) is 9. The van der Waals surface area contributed by atoms with Crippen LogP contribution < -0.4 is 0 Å². The van der Waals surface area contributed by atoms with Gasteiger partial charge in [-0.25, -0.2) is 0 Å². The molecule has 0 saturated carbocycles. The Morgan fingerprint density at radius 2 is 0.419 bits per heavy atom. The van der Waals surface area contributed by atoms with E-state index in [0.29, 0.717) is 38.8 Å². The van der Waals surface area contributed by atoms with Crippen molar-refractivity contribution < 1.29 is 4.74 Å². The number of likely N-dealkylation sites (tertiary alicyclic amines) is 5. The Hall–Kier alpha value is 0.0300. The second kappa shape index (κ2) is 37.1. The first-order valence-electron chi connectivity index (χ1n) is 31.1. The Morgan fingerprint density at radius 3 is 0.676 bits per heavy atom. The molecule has 7 saturated heterocycles. The van der Waals surface area contributed by atoms with Crippen LogP contribution in [0.5, 0.6) is 0 Å². The normalized spacial score (nSPS) is 22.8. The summed E-state index contributed by atoms with van der Waals surface area (Å²) in [6, 6.07) is 0. The molecule has 0 bridgehead atoms. The highest BCUT2D eigenvalue weighted by atomic mass is 32.2. The Kier molecular flexibility index (Phi) is 37.1. The third-order valence-corrected chi connectivity index (χ3v) is 17.2. The van der Waals surface area contributed by atoms with Crippen LogP contribution in [-0.4, -0.2) is 189 Å². The van der Waals surface area contributed by atoms with Gasteiger partial charge in [-0.2, -0.15) is 11.8 Å². The summed E-state index contributed by atoms with van der Waals surface area (Å²) in [5.74, 6) is 2.67. The van der Waals surface area contributed by atoms with Crippen LogP contribution in [0.15, 0.2) is 0 Å². The molecule has 8 nitrogen and oxygen atoms in total. The predicted octanol–water partition coefficient (Wildman–Crippen LogP) is 16.1. The van der Waals surface area contributed by atoms with Gasteiger partial charge in [-0.15, -0.1) is 0 Å². The van der Waals surface area contributed by atoms with E-state index in [0.717, 1.165) is 19.8 Å². The summed E-state index contributed by atoms with van der Waals surface area (Å²) < 4.78 is 5.38. The zero-order chi connectivity index (χ0) is 55.4. The van der Waals surface area contributed by atoms with E-state index < -0.39 is 0 Å². The predicted molar refractivity (Wildman–Crippen MR) is 337 cm³/mol. The molecule has 7 aliphatic rings. The molecule has 9 heteroatoms. The molecule has 0 unspecified atom stereocenters. The van der Waals surface area contributed by atoms with Gasteiger partial charge in [0.2, 0.25) is 0 Å². The zero-order valence-electron chi connectivity index (χ0n) is 53.9. The van der Waals surface area contributed by atoms with Crippen molar-refractivity contribution in [1.82, 2.24) is 34.3 Å². The average Bonchev–Trinajstić information content (AvgIpc) is 3.90. The smallest absolute Gasteiger partial charge is 0.0593 e. The molecule has 0 N–H and O–H groups in total. The minimum atomic E-state index is 0. The van der Waals surface area contributed by atoms with E-state index in [9.17, 15) is 0 Å². The number of ether oxygens (including phenoxy) is 1. The van der Waals surface area contributed by atoms with Crippen LogP contribution in [0.1, 0.15) is 268 Å². The Labute approximate surface area is 472 Å². The van der Waals surface area contributed by atoms with Crippen molar-refractivity contribution in [3.05, 3.63) is 0 Å². The summed E-state index contributed by atoms with van der Waals surface area (Å²) in [5, 5.41) is 0. The first-order chi connectivity index (χ1) is 33.7. The van der Waals surface area contributed by atoms with Gasteiger partial charge in [-0.1, -0.05) is 46.0 Å². The van der Waals surface area contributed by atoms with Crippen LogP contribution in [0.4, 0.5) is 0 Å². The maximum Gasteiger partial charge on any atom is 0.0593 e. The minimum absolute atomic E-state index is 0. The molecule has 0 atom stereocenters. The van der Waals surface area contributed by atoms with Gasteiger partial charge < -0.3 is 4.74 Å². The van der Waals surface area contributed by atoms with E-state index in [1.165, 1.54) is 212 Å². The highest BCUT2D eigenvalue weighted by Crippen LogP contribution is 2.24. The lowest BCUT2D eigenvalue weighted by molar-refractivity contribution is 0.110. The SMILES string of the molecule is C.CC(C)(C)N1CCCCC1.CC(C)(C)N1CCCCC1.CC(C)(C)N1CCCCC1.CC(C)(C)N1CCCCC1.CC(C)(C)N1CCCCCC1.CC(C)(C)N1CCCOCC1.CC(C)(C)N1CCCSCC1. The van der Waals surface area contributed by atoms with Gasteiger partial charge in [0, 0.05) is 70.8 Å². The second-order valence-corrected chi connectivity index (χ2v) is 30.9. The molecule has 7 aliphatic heterocycles. The third kappa shape index (κ3) is 35.6. The van der Waals surface area contributed by atoms with Crippen LogP contribution >= 0.6 is 11.8 Å². The van der Waals surface area contributed by atoms with Crippen molar-refractivity contribution >= 4 is 11.8 Å². The molecule has 0 spiro atoms. The molecule has 446 valence electrons. The lowest BCUT2D eigenvalue weighted by Crippen LogP contribution is -2.44. The van der Waals surface area contributed by atoms with Gasteiger partial charge in [0.15, 0.2) is 0 Å². The fraction of sp³-hybridized carbons (Fsp3) is 1.00. The molecule has 7 rings (SSSR count). The number of thioether (sulfide) groups is 1. The van der Waals surface area contributed by atoms with Crippen molar-refractivity contribution in [2.75, 3.05) is 116 Å². The van der Waals surface area contributed by atoms with E-state index in [1.54, 1.807) is 0 Å². The fourth-order valence-corrected chi connectivity index (χ4v) is 11.7. The molecule has 7 fully saturated rings. The maximum atomic E-state index is 5.38. The van der Waals surface area contributed by atoms with Crippen molar-refractivity contribution in [1.29, 1.82) is 0 Å². The Morgan fingerprint density at radius 1 is 0.216 bits per heavy atom. The quantitative estimate of drug-likeness (QED) is 0.236. The monoisotopic (exact) mass is 1070 g/mol. The molecular weight excluding hydrogens is 927 g/mol. The molecule has 0 aromatic heterocycles. The fourth-order valence-electron chi connectivity index (χ4n) is 10.8. The molecular formula is C65H139N7OS. The van der Waals surface area contributed by atoms with Gasteiger partial charge in [0.1, 0.15) is 0 Å². The maximum absolute atomic E-state index is 5.38. The first kappa shape index (κ1) is 74.0. The number of rotatable bonds is 0. The highest BCUT2D eigenvalue weighted by Gasteiger charge is 2.27. The third-order valence-electron chi connectivity index (χ3n) is 16.1. The number of nitrogens with zero attached hydrogens (tertiary/aromatic N) is 7. The number of piperidine rings is 4. The summed E-state index contributed by atoms with van der Waals surface area (Å²) in [7, 11) is 0. The van der Waals surface area contributed by atoms with Gasteiger partial charge >= 0.3 is 0 Å². The number of hydrogen-bond donors (Lipinski definition) is 0. The van der Waals surface area contributed by atoms with Crippen LogP contribution in [0.3, 0.4) is 0 Å². The van der Waals surface area contributed by atoms with Crippen molar-refractivity contribution in [2.24, 2.45) is 0 Å². The second-order valence-electron chi connectivity index (χ2n) is 29.7. The van der Waals surface area contributed by atoms with Crippen molar-refractivity contribution in [3.63, 3.8) is 0 Å². The van der Waals surface area contributed by atoms with Gasteiger partial charge in [-0.3, -0.25) is 34.3 Å². The van der Waals surface area contributed by atoms with Gasteiger partial charge in [0.05, 0.1) is 6.61 Å². The summed E-state index contributed by atoms with van der Waals surface area (Å²) in [4.78, 5) is 18.0. The lowest BCUT2D eigenvalue weighted by Gasteiger charge is -2.38. The van der Waals surface area contributed by atoms with Crippen LogP contribution in [0, 0.1) is 0 Å².